The Labute approximate surface area is 109 Å². The zero-order chi connectivity index (χ0) is 12.5. The van der Waals surface area contributed by atoms with Gasteiger partial charge in [-0.2, -0.15) is 0 Å². The van der Waals surface area contributed by atoms with Crippen LogP contribution in [-0.4, -0.2) is 13.1 Å². The largest absolute Gasteiger partial charge is 0.457 e. The Morgan fingerprint density at radius 1 is 1.22 bits per heavy atom. The van der Waals surface area contributed by atoms with Crippen molar-refractivity contribution in [1.29, 1.82) is 0 Å². The van der Waals surface area contributed by atoms with Crippen molar-refractivity contribution in [3.05, 3.63) is 41.2 Å². The number of benzene rings is 1. The lowest BCUT2D eigenvalue weighted by atomic mass is 10.0. The maximum atomic E-state index is 6.00. The zero-order valence-electron chi connectivity index (χ0n) is 11.1. The highest BCUT2D eigenvalue weighted by molar-refractivity contribution is 5.70. The van der Waals surface area contributed by atoms with E-state index in [2.05, 4.69) is 49.1 Å². The molecule has 3 rings (SSSR count). The van der Waals surface area contributed by atoms with Gasteiger partial charge in [0.05, 0.1) is 0 Å². The van der Waals surface area contributed by atoms with E-state index in [1.807, 2.05) is 0 Å². The second-order valence-corrected chi connectivity index (χ2v) is 4.77. The molecule has 2 nitrogen and oxygen atoms in total. The molecule has 0 saturated heterocycles. The molecule has 0 N–H and O–H groups in total. The molecule has 1 aliphatic carbocycles. The second-order valence-electron chi connectivity index (χ2n) is 4.77. The number of rotatable bonds is 3. The van der Waals surface area contributed by atoms with Crippen LogP contribution in [0.4, 0.5) is 5.69 Å². The van der Waals surface area contributed by atoms with E-state index in [1.165, 1.54) is 16.8 Å². The van der Waals surface area contributed by atoms with Gasteiger partial charge in [0.25, 0.3) is 0 Å². The number of ether oxygens (including phenoxy) is 1. The lowest BCUT2D eigenvalue weighted by Crippen LogP contribution is -2.21. The third-order valence-corrected chi connectivity index (χ3v) is 3.74. The molecule has 94 valence electrons. The van der Waals surface area contributed by atoms with E-state index in [0.717, 1.165) is 37.4 Å². The fourth-order valence-electron chi connectivity index (χ4n) is 2.69. The summed E-state index contributed by atoms with van der Waals surface area (Å²) in [6.07, 6.45) is 6.69. The van der Waals surface area contributed by atoms with Gasteiger partial charge >= 0.3 is 0 Å². The van der Waals surface area contributed by atoms with Gasteiger partial charge in [0.2, 0.25) is 0 Å². The van der Waals surface area contributed by atoms with Crippen molar-refractivity contribution >= 4 is 11.8 Å². The standard InChI is InChI=1S/C16H19NO/c1-3-17(4-2)14-9-8-13-10-12-6-5-7-15(12)18-16(13)11-14/h7-11H,3-6H2,1-2H3. The zero-order valence-corrected chi connectivity index (χ0v) is 11.1. The van der Waals surface area contributed by atoms with Crippen LogP contribution in [0.5, 0.6) is 5.75 Å². The topological polar surface area (TPSA) is 12.5 Å². The van der Waals surface area contributed by atoms with Crippen LogP contribution in [0, 0.1) is 0 Å². The quantitative estimate of drug-likeness (QED) is 0.793. The molecule has 1 aromatic carbocycles. The number of fused-ring (bicyclic) bond motifs is 2. The van der Waals surface area contributed by atoms with Crippen LogP contribution in [-0.2, 0) is 0 Å². The molecule has 1 aliphatic heterocycles. The summed E-state index contributed by atoms with van der Waals surface area (Å²) in [5, 5.41) is 0. The van der Waals surface area contributed by atoms with Crippen molar-refractivity contribution in [2.75, 3.05) is 18.0 Å². The van der Waals surface area contributed by atoms with E-state index < -0.39 is 0 Å². The first-order chi connectivity index (χ1) is 8.81. The van der Waals surface area contributed by atoms with Gasteiger partial charge < -0.3 is 9.64 Å². The monoisotopic (exact) mass is 241 g/mol. The Kier molecular flexibility index (Phi) is 2.86. The highest BCUT2D eigenvalue weighted by Crippen LogP contribution is 2.38. The van der Waals surface area contributed by atoms with Gasteiger partial charge in [-0.1, -0.05) is 0 Å². The minimum absolute atomic E-state index is 0.997. The van der Waals surface area contributed by atoms with Crippen LogP contribution in [0.15, 0.2) is 35.6 Å². The number of nitrogens with zero attached hydrogens (tertiary/aromatic N) is 1. The van der Waals surface area contributed by atoms with Crippen molar-refractivity contribution < 1.29 is 4.74 Å². The van der Waals surface area contributed by atoms with E-state index in [-0.39, 0.29) is 0 Å². The average Bonchev–Trinajstić information content (AvgIpc) is 2.84. The highest BCUT2D eigenvalue weighted by Gasteiger charge is 2.20. The van der Waals surface area contributed by atoms with E-state index in [0.29, 0.717) is 0 Å². The molecule has 0 aromatic heterocycles. The van der Waals surface area contributed by atoms with E-state index in [9.17, 15) is 0 Å². The lowest BCUT2D eigenvalue weighted by Gasteiger charge is -2.24. The fourth-order valence-corrected chi connectivity index (χ4v) is 2.69. The molecule has 0 unspecified atom stereocenters. The summed E-state index contributed by atoms with van der Waals surface area (Å²) in [7, 11) is 0. The van der Waals surface area contributed by atoms with Crippen molar-refractivity contribution in [2.45, 2.75) is 26.7 Å². The second kappa shape index (κ2) is 4.52. The highest BCUT2D eigenvalue weighted by atomic mass is 16.5. The first-order valence-corrected chi connectivity index (χ1v) is 6.79. The van der Waals surface area contributed by atoms with Gasteiger partial charge in [-0.3, -0.25) is 0 Å². The summed E-state index contributed by atoms with van der Waals surface area (Å²) < 4.78 is 6.00. The third kappa shape index (κ3) is 1.82. The SMILES string of the molecule is CCN(CC)c1ccc2c(c1)OC1=CCCC1=C2. The molecule has 1 aromatic rings. The summed E-state index contributed by atoms with van der Waals surface area (Å²) in [6.45, 7) is 6.42. The van der Waals surface area contributed by atoms with Crippen molar-refractivity contribution in [1.82, 2.24) is 0 Å². The Balaban J connectivity index is 1.98. The summed E-state index contributed by atoms with van der Waals surface area (Å²) >= 11 is 0. The minimum Gasteiger partial charge on any atom is -0.457 e. The molecular weight excluding hydrogens is 222 g/mol. The predicted octanol–water partition coefficient (Wildman–Crippen LogP) is 3.99. The van der Waals surface area contributed by atoms with E-state index in [1.54, 1.807) is 0 Å². The molecular formula is C16H19NO. The van der Waals surface area contributed by atoms with Gasteiger partial charge in [-0.05, 0) is 56.5 Å². The Bertz CT molecular complexity index is 524. The lowest BCUT2D eigenvalue weighted by molar-refractivity contribution is 0.433. The number of hydrogen-bond acceptors (Lipinski definition) is 2. The van der Waals surface area contributed by atoms with Gasteiger partial charge in [0.1, 0.15) is 11.5 Å². The number of hydrogen-bond donors (Lipinski definition) is 0. The van der Waals surface area contributed by atoms with Gasteiger partial charge in [0.15, 0.2) is 0 Å². The Hall–Kier alpha value is -1.70. The molecule has 18 heavy (non-hydrogen) atoms. The van der Waals surface area contributed by atoms with Crippen LogP contribution in [0.25, 0.3) is 6.08 Å². The normalized spacial score (nSPS) is 16.3. The van der Waals surface area contributed by atoms with Crippen LogP contribution >= 0.6 is 0 Å². The van der Waals surface area contributed by atoms with Gasteiger partial charge in [-0.25, -0.2) is 0 Å². The van der Waals surface area contributed by atoms with Gasteiger partial charge in [0, 0.05) is 30.4 Å². The van der Waals surface area contributed by atoms with E-state index in [4.69, 9.17) is 4.74 Å². The molecule has 1 heterocycles. The molecule has 0 fully saturated rings. The van der Waals surface area contributed by atoms with E-state index >= 15 is 0 Å². The van der Waals surface area contributed by atoms with Crippen molar-refractivity contribution in [3.63, 3.8) is 0 Å². The number of allylic oxidation sites excluding steroid dienone is 2. The first-order valence-electron chi connectivity index (χ1n) is 6.79. The Morgan fingerprint density at radius 2 is 2.06 bits per heavy atom. The Morgan fingerprint density at radius 3 is 2.83 bits per heavy atom. The molecule has 2 aliphatic rings. The maximum Gasteiger partial charge on any atom is 0.136 e. The fraction of sp³-hybridized carbons (Fsp3) is 0.375. The number of anilines is 1. The van der Waals surface area contributed by atoms with Crippen LogP contribution in [0.2, 0.25) is 0 Å². The molecule has 0 spiro atoms. The van der Waals surface area contributed by atoms with Crippen LogP contribution in [0.1, 0.15) is 32.3 Å². The summed E-state index contributed by atoms with van der Waals surface area (Å²) in [6, 6.07) is 6.52. The minimum atomic E-state index is 0.997. The third-order valence-electron chi connectivity index (χ3n) is 3.74. The maximum absolute atomic E-state index is 6.00. The molecule has 2 heteroatoms. The summed E-state index contributed by atoms with van der Waals surface area (Å²) in [5.74, 6) is 2.07. The molecule has 0 amide bonds. The van der Waals surface area contributed by atoms with Crippen LogP contribution < -0.4 is 9.64 Å². The smallest absolute Gasteiger partial charge is 0.136 e. The molecule has 0 bridgehead atoms. The van der Waals surface area contributed by atoms with Crippen molar-refractivity contribution in [2.24, 2.45) is 0 Å². The molecule has 0 atom stereocenters. The molecule has 0 saturated carbocycles. The summed E-state index contributed by atoms with van der Waals surface area (Å²) in [5.41, 5.74) is 3.80. The average molecular weight is 241 g/mol. The van der Waals surface area contributed by atoms with Crippen molar-refractivity contribution in [3.8, 4) is 5.75 Å². The first kappa shape index (κ1) is 11.4. The predicted molar refractivity (Wildman–Crippen MR) is 75.9 cm³/mol. The van der Waals surface area contributed by atoms with Crippen LogP contribution in [0.3, 0.4) is 0 Å². The summed E-state index contributed by atoms with van der Waals surface area (Å²) in [4.78, 5) is 2.34. The van der Waals surface area contributed by atoms with Gasteiger partial charge in [-0.15, -0.1) is 0 Å². The molecule has 0 radical (unpaired) electrons.